The summed E-state index contributed by atoms with van der Waals surface area (Å²) in [6, 6.07) is 14.6. The van der Waals surface area contributed by atoms with Crippen LogP contribution >= 0.6 is 44.3 Å². The molecule has 0 aliphatic rings. The van der Waals surface area contributed by atoms with Gasteiger partial charge in [0, 0.05) is 32.0 Å². The van der Waals surface area contributed by atoms with Crippen molar-refractivity contribution in [3.05, 3.63) is 69.2 Å². The van der Waals surface area contributed by atoms with E-state index in [4.69, 9.17) is 5.73 Å². The normalized spacial score (nSPS) is 10.0. The number of hydrogen-bond donors (Lipinski definition) is 2. The van der Waals surface area contributed by atoms with E-state index in [2.05, 4.69) is 47.1 Å². The van der Waals surface area contributed by atoms with Crippen LogP contribution in [0.3, 0.4) is 0 Å². The molecule has 5 nitrogen and oxygen atoms in total. The van der Waals surface area contributed by atoms with Crippen LogP contribution in [0, 0.1) is 0 Å². The van der Waals surface area contributed by atoms with Crippen molar-refractivity contribution in [2.75, 3.05) is 11.1 Å². The monoisotopic (exact) mass is 482 g/mol. The van der Waals surface area contributed by atoms with Crippen LogP contribution < -0.4 is 11.1 Å². The highest BCUT2D eigenvalue weighted by Crippen LogP contribution is 2.23. The maximum atomic E-state index is 12.4. The molecule has 0 unspecified atom stereocenters. The minimum atomic E-state index is -0.198. The summed E-state index contributed by atoms with van der Waals surface area (Å²) in [7, 11) is 0. The molecule has 3 aromatic rings. The van der Waals surface area contributed by atoms with E-state index >= 15 is 0 Å². The number of nitrogens with one attached hydrogen (secondary N) is 1. The van der Waals surface area contributed by atoms with E-state index in [0.717, 1.165) is 14.5 Å². The van der Waals surface area contributed by atoms with Crippen LogP contribution in [-0.2, 0) is 0 Å². The Morgan fingerprint density at radius 2 is 1.76 bits per heavy atom. The maximum Gasteiger partial charge on any atom is 0.255 e. The van der Waals surface area contributed by atoms with Gasteiger partial charge in [-0.2, -0.15) is 0 Å². The van der Waals surface area contributed by atoms with Crippen LogP contribution in [-0.4, -0.2) is 15.9 Å². The highest BCUT2D eigenvalue weighted by atomic mass is 79.9. The second kappa shape index (κ2) is 8.42. The molecule has 0 saturated heterocycles. The van der Waals surface area contributed by atoms with Crippen LogP contribution in [0.4, 0.5) is 11.6 Å². The smallest absolute Gasteiger partial charge is 0.255 e. The Morgan fingerprint density at radius 3 is 2.44 bits per heavy atom. The molecule has 3 N–H and O–H groups in total. The second-order valence-corrected chi connectivity index (χ2v) is 6.82. The molecule has 3 rings (SSSR count). The summed E-state index contributed by atoms with van der Waals surface area (Å²) >= 11 is 6.76. The van der Waals surface area contributed by atoms with Gasteiger partial charge in [0.15, 0.2) is 0 Å². The standard InChI is InChI=1S/C17H12Br2N4O.ClH/c18-12-6-11(7-13(19)9-12)16(24)22-14-3-1-2-10(8-14)15-4-5-21-17(20)23-15;/h1-9H,(H,22,24)(H2,20,21,23);1H. The van der Waals surface area contributed by atoms with Crippen LogP contribution in [0.15, 0.2) is 63.7 Å². The SMILES string of the molecule is Cl.Nc1nccc(-c2cccc(NC(=O)c3cc(Br)cc(Br)c3)c2)n1. The molecule has 1 aromatic heterocycles. The summed E-state index contributed by atoms with van der Waals surface area (Å²) in [5.41, 5.74) is 8.38. The van der Waals surface area contributed by atoms with Gasteiger partial charge >= 0.3 is 0 Å². The molecule has 0 aliphatic heterocycles. The lowest BCUT2D eigenvalue weighted by Crippen LogP contribution is -2.12. The molecular formula is C17H13Br2ClN4O. The van der Waals surface area contributed by atoms with Gasteiger partial charge in [-0.3, -0.25) is 4.79 Å². The van der Waals surface area contributed by atoms with Gasteiger partial charge in [-0.1, -0.05) is 44.0 Å². The number of nitrogens with two attached hydrogens (primary N) is 1. The molecule has 2 aromatic carbocycles. The first-order valence-corrected chi connectivity index (χ1v) is 8.56. The predicted molar refractivity (Wildman–Crippen MR) is 109 cm³/mol. The second-order valence-electron chi connectivity index (χ2n) is 4.99. The average molecular weight is 485 g/mol. The third-order valence-electron chi connectivity index (χ3n) is 3.22. The van der Waals surface area contributed by atoms with Gasteiger partial charge in [0.05, 0.1) is 5.69 Å². The van der Waals surface area contributed by atoms with Crippen molar-refractivity contribution in [1.29, 1.82) is 0 Å². The lowest BCUT2D eigenvalue weighted by molar-refractivity contribution is 0.102. The molecule has 0 bridgehead atoms. The Bertz CT molecular complexity index is 900. The fourth-order valence-corrected chi connectivity index (χ4v) is 3.47. The Kier molecular flexibility index (Phi) is 6.52. The van der Waals surface area contributed by atoms with Gasteiger partial charge in [0.2, 0.25) is 5.95 Å². The lowest BCUT2D eigenvalue weighted by atomic mass is 10.1. The number of carbonyl (C=O) groups is 1. The van der Waals surface area contributed by atoms with Crippen molar-refractivity contribution in [2.45, 2.75) is 0 Å². The molecule has 0 atom stereocenters. The number of nitrogen functional groups attached to an aromatic ring is 1. The number of halogens is 3. The minimum absolute atomic E-state index is 0. The summed E-state index contributed by atoms with van der Waals surface area (Å²) in [5.74, 6) is 0.0114. The Balaban J connectivity index is 0.00000225. The van der Waals surface area contributed by atoms with Gasteiger partial charge in [-0.05, 0) is 36.4 Å². The zero-order chi connectivity index (χ0) is 17.1. The van der Waals surface area contributed by atoms with E-state index in [9.17, 15) is 4.79 Å². The number of anilines is 2. The Morgan fingerprint density at radius 1 is 1.04 bits per heavy atom. The quantitative estimate of drug-likeness (QED) is 0.553. The summed E-state index contributed by atoms with van der Waals surface area (Å²) in [6.45, 7) is 0. The molecule has 0 radical (unpaired) electrons. The molecule has 0 aliphatic carbocycles. The molecule has 0 spiro atoms. The van der Waals surface area contributed by atoms with Crippen molar-refractivity contribution < 1.29 is 4.79 Å². The number of amides is 1. The van der Waals surface area contributed by atoms with Crippen molar-refractivity contribution in [1.82, 2.24) is 9.97 Å². The van der Waals surface area contributed by atoms with Crippen LogP contribution in [0.2, 0.25) is 0 Å². The number of rotatable bonds is 3. The van der Waals surface area contributed by atoms with Crippen molar-refractivity contribution in [3.8, 4) is 11.3 Å². The average Bonchev–Trinajstić information content (AvgIpc) is 2.54. The molecule has 8 heteroatoms. The number of benzene rings is 2. The molecule has 128 valence electrons. The van der Waals surface area contributed by atoms with Crippen molar-refractivity contribution in [3.63, 3.8) is 0 Å². The fourth-order valence-electron chi connectivity index (χ4n) is 2.18. The molecule has 1 amide bonds. The zero-order valence-electron chi connectivity index (χ0n) is 12.7. The van der Waals surface area contributed by atoms with Crippen molar-refractivity contribution >= 4 is 61.8 Å². The number of carbonyl (C=O) groups excluding carboxylic acids is 1. The minimum Gasteiger partial charge on any atom is -0.368 e. The number of aromatic nitrogens is 2. The van der Waals surface area contributed by atoms with Gasteiger partial charge in [-0.15, -0.1) is 12.4 Å². The van der Waals surface area contributed by atoms with Gasteiger partial charge < -0.3 is 11.1 Å². The Hall–Kier alpha value is -1.96. The van der Waals surface area contributed by atoms with E-state index in [1.54, 1.807) is 24.4 Å². The van der Waals surface area contributed by atoms with Gasteiger partial charge in [0.1, 0.15) is 0 Å². The molecule has 0 fully saturated rings. The summed E-state index contributed by atoms with van der Waals surface area (Å²) < 4.78 is 1.65. The van der Waals surface area contributed by atoms with Crippen molar-refractivity contribution in [2.24, 2.45) is 0 Å². The van der Waals surface area contributed by atoms with Crippen LogP contribution in [0.1, 0.15) is 10.4 Å². The largest absolute Gasteiger partial charge is 0.368 e. The van der Waals surface area contributed by atoms with E-state index in [-0.39, 0.29) is 24.3 Å². The summed E-state index contributed by atoms with van der Waals surface area (Å²) in [6.07, 6.45) is 1.60. The van der Waals surface area contributed by atoms with Crippen LogP contribution in [0.25, 0.3) is 11.3 Å². The topological polar surface area (TPSA) is 80.9 Å². The lowest BCUT2D eigenvalue weighted by Gasteiger charge is -2.08. The number of hydrogen-bond acceptors (Lipinski definition) is 4. The summed E-state index contributed by atoms with van der Waals surface area (Å²) in [4.78, 5) is 20.5. The first-order chi connectivity index (χ1) is 11.5. The van der Waals surface area contributed by atoms with E-state index in [1.807, 2.05) is 30.3 Å². The molecule has 0 saturated carbocycles. The summed E-state index contributed by atoms with van der Waals surface area (Å²) in [5, 5.41) is 2.88. The molecular weight excluding hydrogens is 471 g/mol. The van der Waals surface area contributed by atoms with E-state index in [1.165, 1.54) is 0 Å². The third-order valence-corrected chi connectivity index (χ3v) is 4.13. The van der Waals surface area contributed by atoms with E-state index in [0.29, 0.717) is 16.9 Å². The highest BCUT2D eigenvalue weighted by molar-refractivity contribution is 9.11. The first-order valence-electron chi connectivity index (χ1n) is 6.98. The van der Waals surface area contributed by atoms with Gasteiger partial charge in [0.25, 0.3) is 5.91 Å². The third kappa shape index (κ3) is 5.01. The van der Waals surface area contributed by atoms with E-state index < -0.39 is 0 Å². The van der Waals surface area contributed by atoms with Gasteiger partial charge in [-0.25, -0.2) is 9.97 Å². The zero-order valence-corrected chi connectivity index (χ0v) is 16.7. The van der Waals surface area contributed by atoms with Crippen LogP contribution in [0.5, 0.6) is 0 Å². The first kappa shape index (κ1) is 19.4. The Labute approximate surface area is 167 Å². The maximum absolute atomic E-state index is 12.4. The molecule has 25 heavy (non-hydrogen) atoms. The molecule has 1 heterocycles. The number of nitrogens with zero attached hydrogens (tertiary/aromatic N) is 2. The highest BCUT2D eigenvalue weighted by Gasteiger charge is 2.09. The fraction of sp³-hybridized carbons (Fsp3) is 0. The predicted octanol–water partition coefficient (Wildman–Crippen LogP) is 4.92.